The number of tetrazole rings is 1. The van der Waals surface area contributed by atoms with Crippen molar-refractivity contribution in [1.29, 1.82) is 0 Å². The Labute approximate surface area is 157 Å². The molecule has 1 aliphatic rings. The zero-order valence-corrected chi connectivity index (χ0v) is 15.6. The van der Waals surface area contributed by atoms with E-state index in [9.17, 15) is 4.79 Å². The van der Waals surface area contributed by atoms with Crippen LogP contribution < -0.4 is 0 Å². The molecule has 0 bridgehead atoms. The Bertz CT molecular complexity index is 897. The Morgan fingerprint density at radius 1 is 1.26 bits per heavy atom. The summed E-state index contributed by atoms with van der Waals surface area (Å²) in [5.41, 5.74) is 0.863. The van der Waals surface area contributed by atoms with Crippen molar-refractivity contribution in [2.75, 3.05) is 13.1 Å². The van der Waals surface area contributed by atoms with Gasteiger partial charge in [0.25, 0.3) is 0 Å². The minimum atomic E-state index is -0.351. The second kappa shape index (κ2) is 7.42. The number of hydrogen-bond donors (Lipinski definition) is 0. The van der Waals surface area contributed by atoms with Crippen LogP contribution >= 0.6 is 0 Å². The molecular formula is C18H24N8O. The number of likely N-dealkylation sites (tertiary alicyclic amines) is 1. The van der Waals surface area contributed by atoms with Crippen molar-refractivity contribution in [2.24, 2.45) is 5.92 Å². The predicted molar refractivity (Wildman–Crippen MR) is 97.9 cm³/mol. The Kier molecular flexibility index (Phi) is 4.83. The number of pyridine rings is 1. The van der Waals surface area contributed by atoms with Crippen molar-refractivity contribution >= 4 is 11.6 Å². The fourth-order valence-corrected chi connectivity index (χ4v) is 3.82. The van der Waals surface area contributed by atoms with Crippen molar-refractivity contribution < 1.29 is 4.79 Å². The van der Waals surface area contributed by atoms with Gasteiger partial charge in [-0.2, -0.15) is 0 Å². The molecule has 1 saturated heterocycles. The van der Waals surface area contributed by atoms with E-state index >= 15 is 0 Å². The van der Waals surface area contributed by atoms with Crippen molar-refractivity contribution in [3.63, 3.8) is 0 Å². The smallest absolute Gasteiger partial charge is 0.247 e. The molecule has 142 valence electrons. The molecule has 3 aromatic rings. The molecule has 1 amide bonds. The average Bonchev–Trinajstić information content (AvgIpc) is 3.38. The number of carbonyl (C=O) groups is 1. The summed E-state index contributed by atoms with van der Waals surface area (Å²) in [6.07, 6.45) is 6.18. The zero-order valence-electron chi connectivity index (χ0n) is 15.6. The highest BCUT2D eigenvalue weighted by Crippen LogP contribution is 2.30. The summed E-state index contributed by atoms with van der Waals surface area (Å²) >= 11 is 0. The quantitative estimate of drug-likeness (QED) is 0.680. The molecular weight excluding hydrogens is 344 g/mol. The maximum Gasteiger partial charge on any atom is 0.247 e. The number of piperidine rings is 1. The third-order valence-corrected chi connectivity index (χ3v) is 5.60. The fourth-order valence-electron chi connectivity index (χ4n) is 3.82. The molecule has 0 aliphatic carbocycles. The van der Waals surface area contributed by atoms with Gasteiger partial charge in [0.2, 0.25) is 5.91 Å². The lowest BCUT2D eigenvalue weighted by Crippen LogP contribution is -2.44. The molecule has 9 nitrogen and oxygen atoms in total. The Hall–Kier alpha value is -2.84. The van der Waals surface area contributed by atoms with Crippen LogP contribution in [0.5, 0.6) is 0 Å². The van der Waals surface area contributed by atoms with E-state index in [1.54, 1.807) is 4.68 Å². The van der Waals surface area contributed by atoms with E-state index in [4.69, 9.17) is 0 Å². The minimum absolute atomic E-state index is 0.0983. The lowest BCUT2D eigenvalue weighted by Gasteiger charge is -2.34. The molecule has 0 spiro atoms. The SMILES string of the molecule is CCC(C)C(C(=O)N1CCC(c2nnc3ccccn23)CC1)n1cnnn1. The van der Waals surface area contributed by atoms with Gasteiger partial charge >= 0.3 is 0 Å². The van der Waals surface area contributed by atoms with Gasteiger partial charge in [-0.3, -0.25) is 9.20 Å². The standard InChI is InChI=1S/C18H24N8O/c1-3-13(2)16(26-12-19-22-23-26)18(27)24-10-7-14(8-11-24)17-21-20-15-6-4-5-9-25(15)17/h4-6,9,12-14,16H,3,7-8,10-11H2,1-2H3. The number of hydrogen-bond acceptors (Lipinski definition) is 6. The van der Waals surface area contributed by atoms with Gasteiger partial charge in [0.15, 0.2) is 5.65 Å². The maximum absolute atomic E-state index is 13.2. The Balaban J connectivity index is 1.47. The highest BCUT2D eigenvalue weighted by atomic mass is 16.2. The van der Waals surface area contributed by atoms with Gasteiger partial charge in [0.05, 0.1) is 0 Å². The van der Waals surface area contributed by atoms with E-state index in [1.165, 1.54) is 6.33 Å². The summed E-state index contributed by atoms with van der Waals surface area (Å²) in [4.78, 5) is 15.1. The zero-order chi connectivity index (χ0) is 18.8. The van der Waals surface area contributed by atoms with Crippen LogP contribution in [0.1, 0.15) is 50.9 Å². The molecule has 2 unspecified atom stereocenters. The lowest BCUT2D eigenvalue weighted by molar-refractivity contribution is -0.137. The average molecular weight is 368 g/mol. The summed E-state index contributed by atoms with van der Waals surface area (Å²) in [5, 5.41) is 20.0. The van der Waals surface area contributed by atoms with Gasteiger partial charge in [0, 0.05) is 25.2 Å². The van der Waals surface area contributed by atoms with E-state index in [2.05, 4.69) is 39.6 Å². The number of carbonyl (C=O) groups excluding carboxylic acids is 1. The molecule has 3 aromatic heterocycles. The lowest BCUT2D eigenvalue weighted by atomic mass is 9.93. The normalized spacial score (nSPS) is 17.9. The van der Waals surface area contributed by atoms with Gasteiger partial charge in [-0.15, -0.1) is 15.3 Å². The molecule has 2 atom stereocenters. The summed E-state index contributed by atoms with van der Waals surface area (Å²) < 4.78 is 3.64. The first-order chi connectivity index (χ1) is 13.2. The second-order valence-corrected chi connectivity index (χ2v) is 7.21. The van der Waals surface area contributed by atoms with Crippen LogP contribution in [0, 0.1) is 5.92 Å². The molecule has 0 saturated carbocycles. The van der Waals surface area contributed by atoms with Crippen LogP contribution in [0.3, 0.4) is 0 Å². The van der Waals surface area contributed by atoms with E-state index < -0.39 is 0 Å². The number of nitrogens with zero attached hydrogens (tertiary/aromatic N) is 8. The van der Waals surface area contributed by atoms with Gasteiger partial charge in [-0.25, -0.2) is 4.68 Å². The topological polar surface area (TPSA) is 94.1 Å². The molecule has 1 fully saturated rings. The number of rotatable bonds is 5. The van der Waals surface area contributed by atoms with Crippen LogP contribution in [-0.2, 0) is 4.79 Å². The van der Waals surface area contributed by atoms with Crippen molar-refractivity contribution in [3.8, 4) is 0 Å². The highest BCUT2D eigenvalue weighted by molar-refractivity contribution is 5.80. The fraction of sp³-hybridized carbons (Fsp3) is 0.556. The van der Waals surface area contributed by atoms with Crippen LogP contribution in [0.25, 0.3) is 5.65 Å². The van der Waals surface area contributed by atoms with E-state index in [-0.39, 0.29) is 17.9 Å². The van der Waals surface area contributed by atoms with E-state index in [0.29, 0.717) is 19.0 Å². The van der Waals surface area contributed by atoms with Gasteiger partial charge in [0.1, 0.15) is 18.2 Å². The molecule has 0 aromatic carbocycles. The van der Waals surface area contributed by atoms with E-state index in [1.807, 2.05) is 33.7 Å². The molecule has 27 heavy (non-hydrogen) atoms. The first kappa shape index (κ1) is 17.6. The van der Waals surface area contributed by atoms with Crippen LogP contribution in [0.4, 0.5) is 0 Å². The summed E-state index contributed by atoms with van der Waals surface area (Å²) in [6, 6.07) is 5.55. The van der Waals surface area contributed by atoms with Gasteiger partial charge < -0.3 is 4.90 Å². The maximum atomic E-state index is 13.2. The van der Waals surface area contributed by atoms with Gasteiger partial charge in [-0.05, 0) is 41.3 Å². The van der Waals surface area contributed by atoms with Crippen molar-refractivity contribution in [2.45, 2.75) is 45.1 Å². The molecule has 0 N–H and O–H groups in total. The number of amides is 1. The highest BCUT2D eigenvalue weighted by Gasteiger charge is 2.34. The van der Waals surface area contributed by atoms with Crippen LogP contribution in [0.15, 0.2) is 30.7 Å². The molecule has 9 heteroatoms. The minimum Gasteiger partial charge on any atom is -0.341 e. The molecule has 0 radical (unpaired) electrons. The monoisotopic (exact) mass is 368 g/mol. The van der Waals surface area contributed by atoms with Gasteiger partial charge in [-0.1, -0.05) is 26.3 Å². The summed E-state index contributed by atoms with van der Waals surface area (Å²) in [5.74, 6) is 1.55. The van der Waals surface area contributed by atoms with Crippen LogP contribution in [-0.4, -0.2) is 58.7 Å². The molecule has 1 aliphatic heterocycles. The number of aromatic nitrogens is 7. The summed E-state index contributed by atoms with van der Waals surface area (Å²) in [7, 11) is 0. The third kappa shape index (κ3) is 3.29. The molecule has 4 rings (SSSR count). The molecule has 4 heterocycles. The van der Waals surface area contributed by atoms with Crippen LogP contribution in [0.2, 0.25) is 0 Å². The van der Waals surface area contributed by atoms with Crippen molar-refractivity contribution in [3.05, 3.63) is 36.5 Å². The first-order valence-electron chi connectivity index (χ1n) is 9.50. The number of fused-ring (bicyclic) bond motifs is 1. The van der Waals surface area contributed by atoms with E-state index in [0.717, 1.165) is 30.7 Å². The largest absolute Gasteiger partial charge is 0.341 e. The third-order valence-electron chi connectivity index (χ3n) is 5.60. The summed E-state index contributed by atoms with van der Waals surface area (Å²) in [6.45, 7) is 5.57. The predicted octanol–water partition coefficient (Wildman–Crippen LogP) is 1.71. The second-order valence-electron chi connectivity index (χ2n) is 7.21. The van der Waals surface area contributed by atoms with Crippen molar-refractivity contribution in [1.82, 2.24) is 39.7 Å². The Morgan fingerprint density at radius 2 is 2.07 bits per heavy atom. The first-order valence-corrected chi connectivity index (χ1v) is 9.50. The Morgan fingerprint density at radius 3 is 2.78 bits per heavy atom.